The van der Waals surface area contributed by atoms with Gasteiger partial charge in [-0.1, -0.05) is 41.9 Å². The highest BCUT2D eigenvalue weighted by Crippen LogP contribution is 2.33. The second-order valence-corrected chi connectivity index (χ2v) is 9.08. The molecule has 7 heteroatoms. The van der Waals surface area contributed by atoms with E-state index in [0.29, 0.717) is 28.4 Å². The molecule has 1 aromatic carbocycles. The van der Waals surface area contributed by atoms with Crippen LogP contribution in [0.5, 0.6) is 0 Å². The molecule has 0 spiro atoms. The average Bonchev–Trinajstić information content (AvgIpc) is 3.31. The van der Waals surface area contributed by atoms with E-state index in [4.69, 9.17) is 17.3 Å². The third-order valence-corrected chi connectivity index (χ3v) is 6.54. The summed E-state index contributed by atoms with van der Waals surface area (Å²) in [6, 6.07) is 13.9. The standard InChI is InChI=1S/C23H30ClN5O/c1-27(2)22-19(8-9-21(24)26-22)23(30)29-14-17-12-28(13-18(17)15-29)11-10-20(25)16-6-4-3-5-7-16/h3-9,17-18,20H,10-15,25H2,1-2H3/t17?,18?,20-/m0/s1. The number of fused-ring (bicyclic) bond motifs is 1. The molecule has 160 valence electrons. The number of aromatic nitrogens is 1. The van der Waals surface area contributed by atoms with Crippen LogP contribution in [0.3, 0.4) is 0 Å². The summed E-state index contributed by atoms with van der Waals surface area (Å²) in [5.41, 5.74) is 8.18. The highest BCUT2D eigenvalue weighted by molar-refractivity contribution is 6.29. The van der Waals surface area contributed by atoms with E-state index in [0.717, 1.165) is 39.1 Å². The number of halogens is 1. The minimum atomic E-state index is 0.0508. The second-order valence-electron chi connectivity index (χ2n) is 8.70. The third-order valence-electron chi connectivity index (χ3n) is 6.33. The number of hydrogen-bond donors (Lipinski definition) is 1. The Hall–Kier alpha value is -2.15. The maximum atomic E-state index is 13.2. The highest BCUT2D eigenvalue weighted by Gasteiger charge is 2.42. The van der Waals surface area contributed by atoms with Crippen LogP contribution >= 0.6 is 11.6 Å². The molecule has 2 N–H and O–H groups in total. The first kappa shape index (κ1) is 21.1. The maximum absolute atomic E-state index is 13.2. The number of anilines is 1. The van der Waals surface area contributed by atoms with Gasteiger partial charge in [0.15, 0.2) is 0 Å². The molecule has 0 radical (unpaired) electrons. The zero-order chi connectivity index (χ0) is 21.3. The molecule has 2 aliphatic rings. The summed E-state index contributed by atoms with van der Waals surface area (Å²) >= 11 is 6.03. The molecule has 4 rings (SSSR count). The van der Waals surface area contributed by atoms with Crippen molar-refractivity contribution in [3.63, 3.8) is 0 Å². The Bertz CT molecular complexity index is 876. The molecular weight excluding hydrogens is 398 g/mol. The molecular formula is C23H30ClN5O. The fourth-order valence-corrected chi connectivity index (χ4v) is 4.87. The van der Waals surface area contributed by atoms with E-state index in [-0.39, 0.29) is 11.9 Å². The molecule has 2 fully saturated rings. The number of likely N-dealkylation sites (tertiary alicyclic amines) is 2. The van der Waals surface area contributed by atoms with E-state index in [2.05, 4.69) is 22.0 Å². The van der Waals surface area contributed by atoms with E-state index in [9.17, 15) is 4.79 Å². The van der Waals surface area contributed by atoms with Gasteiger partial charge in [-0.3, -0.25) is 4.79 Å². The number of benzene rings is 1. The lowest BCUT2D eigenvalue weighted by Crippen LogP contribution is -2.35. The monoisotopic (exact) mass is 427 g/mol. The largest absolute Gasteiger partial charge is 0.362 e. The minimum absolute atomic E-state index is 0.0508. The van der Waals surface area contributed by atoms with Gasteiger partial charge in [-0.05, 0) is 42.5 Å². The molecule has 2 aromatic rings. The molecule has 3 heterocycles. The number of amides is 1. The van der Waals surface area contributed by atoms with Crippen molar-refractivity contribution in [2.75, 3.05) is 51.7 Å². The van der Waals surface area contributed by atoms with Gasteiger partial charge in [0, 0.05) is 46.3 Å². The van der Waals surface area contributed by atoms with Crippen LogP contribution in [0.2, 0.25) is 5.15 Å². The zero-order valence-corrected chi connectivity index (χ0v) is 18.4. The Kier molecular flexibility index (Phi) is 6.27. The average molecular weight is 428 g/mol. The van der Waals surface area contributed by atoms with E-state index >= 15 is 0 Å². The molecule has 1 aromatic heterocycles. The lowest BCUT2D eigenvalue weighted by molar-refractivity contribution is 0.0774. The predicted molar refractivity (Wildman–Crippen MR) is 121 cm³/mol. The fourth-order valence-electron chi connectivity index (χ4n) is 4.73. The quantitative estimate of drug-likeness (QED) is 0.718. The summed E-state index contributed by atoms with van der Waals surface area (Å²) in [6.45, 7) is 4.69. The van der Waals surface area contributed by atoms with Gasteiger partial charge in [0.2, 0.25) is 0 Å². The van der Waals surface area contributed by atoms with Crippen LogP contribution in [0.15, 0.2) is 42.5 Å². The molecule has 2 unspecified atom stereocenters. The molecule has 3 atom stereocenters. The van der Waals surface area contributed by atoms with Crippen LogP contribution in [0.1, 0.15) is 28.4 Å². The topological polar surface area (TPSA) is 65.7 Å². The van der Waals surface area contributed by atoms with Gasteiger partial charge in [0.25, 0.3) is 5.91 Å². The van der Waals surface area contributed by atoms with Gasteiger partial charge in [-0.2, -0.15) is 0 Å². The van der Waals surface area contributed by atoms with Crippen LogP contribution in [0.25, 0.3) is 0 Å². The third kappa shape index (κ3) is 4.46. The van der Waals surface area contributed by atoms with Crippen molar-refractivity contribution in [1.29, 1.82) is 0 Å². The van der Waals surface area contributed by atoms with Crippen molar-refractivity contribution in [3.05, 3.63) is 58.7 Å². The van der Waals surface area contributed by atoms with Gasteiger partial charge in [-0.15, -0.1) is 0 Å². The maximum Gasteiger partial charge on any atom is 0.257 e. The summed E-state index contributed by atoms with van der Waals surface area (Å²) in [6.07, 6.45) is 0.953. The molecule has 30 heavy (non-hydrogen) atoms. The minimum Gasteiger partial charge on any atom is -0.362 e. The Morgan fingerprint density at radius 1 is 1.13 bits per heavy atom. The number of carbonyl (C=O) groups excluding carboxylic acids is 1. The second kappa shape index (κ2) is 8.92. The number of nitrogens with two attached hydrogens (primary N) is 1. The molecule has 6 nitrogen and oxygen atoms in total. The zero-order valence-electron chi connectivity index (χ0n) is 17.7. The Labute approximate surface area is 183 Å². The summed E-state index contributed by atoms with van der Waals surface area (Å²) in [5, 5.41) is 0.401. The van der Waals surface area contributed by atoms with Crippen molar-refractivity contribution >= 4 is 23.3 Å². The first-order valence-electron chi connectivity index (χ1n) is 10.6. The summed E-state index contributed by atoms with van der Waals surface area (Å²) in [7, 11) is 3.76. The molecule has 2 saturated heterocycles. The normalized spacial score (nSPS) is 22.2. The van der Waals surface area contributed by atoms with Crippen molar-refractivity contribution in [2.24, 2.45) is 17.6 Å². The van der Waals surface area contributed by atoms with E-state index in [1.165, 1.54) is 5.56 Å². The molecule has 1 amide bonds. The first-order chi connectivity index (χ1) is 14.4. The SMILES string of the molecule is CN(C)c1nc(Cl)ccc1C(=O)N1CC2CN(CC[C@H](N)c3ccccc3)CC2C1. The van der Waals surface area contributed by atoms with E-state index in [1.54, 1.807) is 12.1 Å². The van der Waals surface area contributed by atoms with Gasteiger partial charge >= 0.3 is 0 Å². The summed E-state index contributed by atoms with van der Waals surface area (Å²) < 4.78 is 0. The molecule has 0 bridgehead atoms. The number of nitrogens with zero attached hydrogens (tertiary/aromatic N) is 4. The summed E-state index contributed by atoms with van der Waals surface area (Å²) in [5.74, 6) is 1.74. The van der Waals surface area contributed by atoms with Crippen molar-refractivity contribution in [2.45, 2.75) is 12.5 Å². The van der Waals surface area contributed by atoms with Gasteiger partial charge in [0.1, 0.15) is 11.0 Å². The highest BCUT2D eigenvalue weighted by atomic mass is 35.5. The Morgan fingerprint density at radius 2 is 1.80 bits per heavy atom. The first-order valence-corrected chi connectivity index (χ1v) is 11.0. The number of rotatable bonds is 6. The van der Waals surface area contributed by atoms with Crippen LogP contribution in [-0.2, 0) is 0 Å². The lowest BCUT2D eigenvalue weighted by atomic mass is 10.0. The van der Waals surface area contributed by atoms with Crippen molar-refractivity contribution in [1.82, 2.24) is 14.8 Å². The van der Waals surface area contributed by atoms with Crippen LogP contribution in [-0.4, -0.2) is 67.5 Å². The smallest absolute Gasteiger partial charge is 0.257 e. The van der Waals surface area contributed by atoms with Crippen LogP contribution in [0, 0.1) is 11.8 Å². The van der Waals surface area contributed by atoms with Gasteiger partial charge < -0.3 is 20.4 Å². The van der Waals surface area contributed by atoms with Crippen LogP contribution < -0.4 is 10.6 Å². The summed E-state index contributed by atoms with van der Waals surface area (Å²) in [4.78, 5) is 23.8. The number of pyridine rings is 1. The number of hydrogen-bond acceptors (Lipinski definition) is 5. The van der Waals surface area contributed by atoms with Crippen molar-refractivity contribution < 1.29 is 4.79 Å². The van der Waals surface area contributed by atoms with Gasteiger partial charge in [-0.25, -0.2) is 4.98 Å². The van der Waals surface area contributed by atoms with E-state index in [1.807, 2.05) is 42.1 Å². The van der Waals surface area contributed by atoms with Crippen molar-refractivity contribution in [3.8, 4) is 0 Å². The lowest BCUT2D eigenvalue weighted by Gasteiger charge is -2.24. The Balaban J connectivity index is 1.32. The molecule has 0 aliphatic carbocycles. The molecule has 2 aliphatic heterocycles. The fraction of sp³-hybridized carbons (Fsp3) is 0.478. The van der Waals surface area contributed by atoms with Gasteiger partial charge in [0.05, 0.1) is 5.56 Å². The predicted octanol–water partition coefficient (Wildman–Crippen LogP) is 2.89. The van der Waals surface area contributed by atoms with E-state index < -0.39 is 0 Å². The van der Waals surface area contributed by atoms with Crippen LogP contribution in [0.4, 0.5) is 5.82 Å². The number of carbonyl (C=O) groups is 1. The molecule has 0 saturated carbocycles. The Morgan fingerprint density at radius 3 is 2.43 bits per heavy atom.